The molecule has 0 bridgehead atoms. The van der Waals surface area contributed by atoms with E-state index in [-0.39, 0.29) is 5.57 Å². The van der Waals surface area contributed by atoms with Crippen LogP contribution in [0.1, 0.15) is 5.76 Å². The van der Waals surface area contributed by atoms with Crippen molar-refractivity contribution >= 4 is 23.7 Å². The summed E-state index contributed by atoms with van der Waals surface area (Å²) in [5, 5.41) is 10.1. The Kier molecular flexibility index (Phi) is 4.00. The Hall–Kier alpha value is -2.52. The highest BCUT2D eigenvalue weighted by Crippen LogP contribution is 2.28. The molecule has 6 heteroatoms. The van der Waals surface area contributed by atoms with Gasteiger partial charge in [0.2, 0.25) is 0 Å². The third-order valence-electron chi connectivity index (χ3n) is 2.12. The summed E-state index contributed by atoms with van der Waals surface area (Å²) in [6.45, 7) is 0. The van der Waals surface area contributed by atoms with E-state index in [1.54, 1.807) is 24.4 Å². The van der Waals surface area contributed by atoms with Crippen LogP contribution in [-0.2, 0) is 4.79 Å². The van der Waals surface area contributed by atoms with Gasteiger partial charge in [-0.15, -0.1) is 0 Å². The standard InChI is InChI=1S/C13H9N3O2S/c14-8-9(13(15)17)7-10-4-5-12(18-10)19-11-3-1-2-6-16-11/h1-7H,(H2,15,17)/b9-7+. The second-order valence-corrected chi connectivity index (χ2v) is 4.49. The first-order valence-corrected chi connectivity index (χ1v) is 6.11. The van der Waals surface area contributed by atoms with Crippen LogP contribution in [0.3, 0.4) is 0 Å². The molecule has 0 spiro atoms. The van der Waals surface area contributed by atoms with E-state index in [2.05, 4.69) is 4.98 Å². The fourth-order valence-corrected chi connectivity index (χ4v) is 2.02. The molecule has 2 N–H and O–H groups in total. The van der Waals surface area contributed by atoms with Crippen molar-refractivity contribution in [3.8, 4) is 6.07 Å². The lowest BCUT2D eigenvalue weighted by atomic mass is 10.2. The van der Waals surface area contributed by atoms with Crippen molar-refractivity contribution < 1.29 is 9.21 Å². The van der Waals surface area contributed by atoms with E-state index in [1.807, 2.05) is 18.2 Å². The van der Waals surface area contributed by atoms with Crippen molar-refractivity contribution in [1.29, 1.82) is 5.26 Å². The van der Waals surface area contributed by atoms with Gasteiger partial charge >= 0.3 is 0 Å². The highest BCUT2D eigenvalue weighted by molar-refractivity contribution is 7.99. The van der Waals surface area contributed by atoms with Gasteiger partial charge in [-0.3, -0.25) is 4.79 Å². The summed E-state index contributed by atoms with van der Waals surface area (Å²) in [4.78, 5) is 15.1. The molecule has 2 aromatic heterocycles. The topological polar surface area (TPSA) is 92.9 Å². The van der Waals surface area contributed by atoms with Crippen LogP contribution in [-0.4, -0.2) is 10.9 Å². The second kappa shape index (κ2) is 5.89. The molecule has 0 saturated heterocycles. The summed E-state index contributed by atoms with van der Waals surface area (Å²) in [6, 6.07) is 10.7. The van der Waals surface area contributed by atoms with Gasteiger partial charge in [0, 0.05) is 12.3 Å². The van der Waals surface area contributed by atoms with Gasteiger partial charge in [-0.25, -0.2) is 4.98 Å². The summed E-state index contributed by atoms with van der Waals surface area (Å²) >= 11 is 1.35. The van der Waals surface area contributed by atoms with Gasteiger partial charge in [-0.1, -0.05) is 6.07 Å². The molecule has 0 fully saturated rings. The molecule has 2 rings (SSSR count). The Morgan fingerprint density at radius 1 is 1.42 bits per heavy atom. The summed E-state index contributed by atoms with van der Waals surface area (Å²) in [5.41, 5.74) is 4.89. The highest BCUT2D eigenvalue weighted by Gasteiger charge is 2.07. The normalized spacial score (nSPS) is 11.0. The zero-order valence-corrected chi connectivity index (χ0v) is 10.6. The van der Waals surface area contributed by atoms with Gasteiger partial charge < -0.3 is 10.2 Å². The molecule has 0 radical (unpaired) electrons. The fourth-order valence-electron chi connectivity index (χ4n) is 1.28. The number of hydrogen-bond donors (Lipinski definition) is 1. The maximum atomic E-state index is 10.9. The van der Waals surface area contributed by atoms with E-state index in [1.165, 1.54) is 17.8 Å². The van der Waals surface area contributed by atoms with Crippen LogP contribution in [0.5, 0.6) is 0 Å². The van der Waals surface area contributed by atoms with Gasteiger partial charge in [0.25, 0.3) is 5.91 Å². The molecule has 19 heavy (non-hydrogen) atoms. The lowest BCUT2D eigenvalue weighted by Crippen LogP contribution is -2.12. The number of primary amides is 1. The average Bonchev–Trinajstić information content (AvgIpc) is 2.84. The predicted octanol–water partition coefficient (Wildman–Crippen LogP) is 2.22. The first kappa shape index (κ1) is 12.9. The van der Waals surface area contributed by atoms with E-state index in [0.717, 1.165) is 5.03 Å². The summed E-state index contributed by atoms with van der Waals surface area (Å²) in [5.74, 6) is -0.383. The zero-order valence-electron chi connectivity index (χ0n) is 9.74. The molecule has 0 unspecified atom stereocenters. The van der Waals surface area contributed by atoms with Crippen LogP contribution in [0.2, 0.25) is 0 Å². The van der Waals surface area contributed by atoms with Crippen LogP contribution in [0, 0.1) is 11.3 Å². The molecule has 2 heterocycles. The molecule has 0 aliphatic carbocycles. The van der Waals surface area contributed by atoms with E-state index in [0.29, 0.717) is 10.9 Å². The first-order chi connectivity index (χ1) is 9.19. The molecule has 0 aliphatic rings. The van der Waals surface area contributed by atoms with Crippen LogP contribution < -0.4 is 5.73 Å². The van der Waals surface area contributed by atoms with Gasteiger partial charge in [0.1, 0.15) is 22.4 Å². The Balaban J connectivity index is 2.16. The van der Waals surface area contributed by atoms with Crippen molar-refractivity contribution in [1.82, 2.24) is 4.98 Å². The van der Waals surface area contributed by atoms with Crippen LogP contribution in [0.15, 0.2) is 56.6 Å². The van der Waals surface area contributed by atoms with Crippen molar-refractivity contribution in [2.24, 2.45) is 5.73 Å². The number of amides is 1. The molecule has 0 saturated carbocycles. The minimum Gasteiger partial charge on any atom is -0.450 e. The third kappa shape index (κ3) is 3.47. The number of pyridine rings is 1. The number of carbonyl (C=O) groups excluding carboxylic acids is 1. The van der Waals surface area contributed by atoms with Gasteiger partial charge in [0.05, 0.1) is 0 Å². The van der Waals surface area contributed by atoms with Crippen molar-refractivity contribution in [3.63, 3.8) is 0 Å². The summed E-state index contributed by atoms with van der Waals surface area (Å²) in [7, 11) is 0. The number of nitrogens with two attached hydrogens (primary N) is 1. The van der Waals surface area contributed by atoms with Crippen LogP contribution >= 0.6 is 11.8 Å². The molecule has 94 valence electrons. The number of furan rings is 1. The van der Waals surface area contributed by atoms with Gasteiger partial charge in [-0.05, 0) is 36.0 Å². The molecule has 0 aliphatic heterocycles. The van der Waals surface area contributed by atoms with Crippen LogP contribution in [0.4, 0.5) is 0 Å². The monoisotopic (exact) mass is 271 g/mol. The number of nitrogens with zero attached hydrogens (tertiary/aromatic N) is 2. The smallest absolute Gasteiger partial charge is 0.259 e. The SMILES string of the molecule is N#C/C(=C\c1ccc(Sc2ccccn2)o1)C(N)=O. The second-order valence-electron chi connectivity index (χ2n) is 3.46. The maximum Gasteiger partial charge on any atom is 0.259 e. The Morgan fingerprint density at radius 3 is 2.89 bits per heavy atom. The van der Waals surface area contributed by atoms with Crippen molar-refractivity contribution in [2.45, 2.75) is 10.1 Å². The Labute approximate surface area is 113 Å². The predicted molar refractivity (Wildman–Crippen MR) is 69.9 cm³/mol. The van der Waals surface area contributed by atoms with E-state index in [9.17, 15) is 4.79 Å². The van der Waals surface area contributed by atoms with E-state index >= 15 is 0 Å². The number of nitriles is 1. The maximum absolute atomic E-state index is 10.9. The first-order valence-electron chi connectivity index (χ1n) is 5.29. The van der Waals surface area contributed by atoms with Crippen molar-refractivity contribution in [2.75, 3.05) is 0 Å². The highest BCUT2D eigenvalue weighted by atomic mass is 32.2. The average molecular weight is 271 g/mol. The Bertz CT molecular complexity index is 656. The minimum absolute atomic E-state index is 0.149. The number of hydrogen-bond acceptors (Lipinski definition) is 5. The summed E-state index contributed by atoms with van der Waals surface area (Å²) in [6.07, 6.45) is 3.00. The quantitative estimate of drug-likeness (QED) is 0.679. The number of carbonyl (C=O) groups is 1. The van der Waals surface area contributed by atoms with Crippen molar-refractivity contribution in [3.05, 3.63) is 47.9 Å². The lowest BCUT2D eigenvalue weighted by Gasteiger charge is -1.95. The summed E-state index contributed by atoms with van der Waals surface area (Å²) < 4.78 is 5.46. The molecule has 0 atom stereocenters. The van der Waals surface area contributed by atoms with E-state index in [4.69, 9.17) is 15.4 Å². The molecular formula is C13H9N3O2S. The molecule has 0 aromatic carbocycles. The number of aromatic nitrogens is 1. The zero-order chi connectivity index (χ0) is 13.7. The minimum atomic E-state index is -0.780. The molecule has 5 nitrogen and oxygen atoms in total. The van der Waals surface area contributed by atoms with E-state index < -0.39 is 5.91 Å². The lowest BCUT2D eigenvalue weighted by molar-refractivity contribution is -0.114. The molecular weight excluding hydrogens is 262 g/mol. The largest absolute Gasteiger partial charge is 0.450 e. The number of rotatable bonds is 4. The fraction of sp³-hybridized carbons (Fsp3) is 0. The van der Waals surface area contributed by atoms with Crippen LogP contribution in [0.25, 0.3) is 6.08 Å². The third-order valence-corrected chi connectivity index (χ3v) is 2.99. The molecule has 1 amide bonds. The van der Waals surface area contributed by atoms with Gasteiger partial charge in [-0.2, -0.15) is 5.26 Å². The molecule has 2 aromatic rings. The van der Waals surface area contributed by atoms with Gasteiger partial charge in [0.15, 0.2) is 5.09 Å². The Morgan fingerprint density at radius 2 is 2.26 bits per heavy atom.